The summed E-state index contributed by atoms with van der Waals surface area (Å²) >= 11 is 5.94. The Labute approximate surface area is 88.4 Å². The largest absolute Gasteiger partial charge is 0.496 e. The van der Waals surface area contributed by atoms with Gasteiger partial charge in [0.05, 0.1) is 18.8 Å². The van der Waals surface area contributed by atoms with Crippen LogP contribution in [0.5, 0.6) is 5.75 Å². The first kappa shape index (κ1) is 10.6. The summed E-state index contributed by atoms with van der Waals surface area (Å²) in [6, 6.07) is 5.46. The standard InChI is InChI=1S/C11H10ClNO/c1-7-4-11(14-3)9(5-10(7)12)8(2)6-13/h4-5H,2H2,1,3H3. The molecule has 0 aromatic heterocycles. The monoisotopic (exact) mass is 207 g/mol. The van der Waals surface area contributed by atoms with E-state index >= 15 is 0 Å². The third-order valence-corrected chi connectivity index (χ3v) is 2.35. The van der Waals surface area contributed by atoms with Crippen LogP contribution in [0.4, 0.5) is 0 Å². The number of ether oxygens (including phenoxy) is 1. The molecule has 0 aliphatic rings. The fourth-order valence-corrected chi connectivity index (χ4v) is 1.28. The molecule has 0 atom stereocenters. The zero-order valence-electron chi connectivity index (χ0n) is 8.10. The van der Waals surface area contributed by atoms with E-state index in [1.807, 2.05) is 13.0 Å². The van der Waals surface area contributed by atoms with Crippen LogP contribution in [0.2, 0.25) is 5.02 Å². The first-order valence-corrected chi connectivity index (χ1v) is 4.41. The van der Waals surface area contributed by atoms with Gasteiger partial charge in [-0.1, -0.05) is 18.2 Å². The van der Waals surface area contributed by atoms with E-state index in [1.165, 1.54) is 0 Å². The molecule has 1 aromatic carbocycles. The lowest BCUT2D eigenvalue weighted by Crippen LogP contribution is -1.91. The van der Waals surface area contributed by atoms with E-state index in [0.29, 0.717) is 21.9 Å². The number of aryl methyl sites for hydroxylation is 1. The molecule has 0 spiro atoms. The summed E-state index contributed by atoms with van der Waals surface area (Å²) in [7, 11) is 1.55. The van der Waals surface area contributed by atoms with Gasteiger partial charge in [-0.3, -0.25) is 0 Å². The first-order chi connectivity index (χ1) is 6.60. The maximum absolute atomic E-state index is 8.72. The predicted molar refractivity (Wildman–Crippen MR) is 57.4 cm³/mol. The Balaban J connectivity index is 3.36. The number of halogens is 1. The molecule has 0 radical (unpaired) electrons. The molecular weight excluding hydrogens is 198 g/mol. The third-order valence-electron chi connectivity index (χ3n) is 1.94. The van der Waals surface area contributed by atoms with Crippen LogP contribution in [0, 0.1) is 18.3 Å². The van der Waals surface area contributed by atoms with Crippen LogP contribution in [0.15, 0.2) is 18.7 Å². The maximum atomic E-state index is 8.72. The molecule has 0 amide bonds. The molecule has 0 saturated heterocycles. The minimum Gasteiger partial charge on any atom is -0.496 e. The fourth-order valence-electron chi connectivity index (χ4n) is 1.12. The van der Waals surface area contributed by atoms with Crippen LogP contribution in [0.3, 0.4) is 0 Å². The summed E-state index contributed by atoms with van der Waals surface area (Å²) < 4.78 is 5.13. The Morgan fingerprint density at radius 2 is 2.21 bits per heavy atom. The van der Waals surface area contributed by atoms with Gasteiger partial charge in [0.2, 0.25) is 0 Å². The van der Waals surface area contributed by atoms with Gasteiger partial charge < -0.3 is 4.74 Å². The average Bonchev–Trinajstić information content (AvgIpc) is 2.20. The predicted octanol–water partition coefficient (Wildman–Crippen LogP) is 3.19. The fraction of sp³-hybridized carbons (Fsp3) is 0.182. The number of hydrogen-bond donors (Lipinski definition) is 0. The van der Waals surface area contributed by atoms with E-state index in [2.05, 4.69) is 6.58 Å². The van der Waals surface area contributed by atoms with Gasteiger partial charge in [0.25, 0.3) is 0 Å². The highest BCUT2D eigenvalue weighted by molar-refractivity contribution is 6.31. The van der Waals surface area contributed by atoms with Crippen LogP contribution < -0.4 is 4.74 Å². The van der Waals surface area contributed by atoms with Crippen LogP contribution in [-0.4, -0.2) is 7.11 Å². The normalized spacial score (nSPS) is 9.29. The molecule has 3 heteroatoms. The summed E-state index contributed by atoms with van der Waals surface area (Å²) in [6.45, 7) is 5.50. The number of methoxy groups -OCH3 is 1. The Kier molecular flexibility index (Phi) is 3.16. The zero-order chi connectivity index (χ0) is 10.7. The quantitative estimate of drug-likeness (QED) is 0.698. The highest BCUT2D eigenvalue weighted by Crippen LogP contribution is 2.30. The van der Waals surface area contributed by atoms with Gasteiger partial charge in [-0.05, 0) is 24.6 Å². The van der Waals surface area contributed by atoms with Crippen LogP contribution in [0.25, 0.3) is 5.57 Å². The van der Waals surface area contributed by atoms with Gasteiger partial charge in [-0.25, -0.2) is 0 Å². The van der Waals surface area contributed by atoms with E-state index in [9.17, 15) is 0 Å². The summed E-state index contributed by atoms with van der Waals surface area (Å²) in [4.78, 5) is 0. The Morgan fingerprint density at radius 1 is 1.57 bits per heavy atom. The number of hydrogen-bond acceptors (Lipinski definition) is 2. The van der Waals surface area contributed by atoms with Gasteiger partial charge in [0.15, 0.2) is 0 Å². The molecule has 14 heavy (non-hydrogen) atoms. The first-order valence-electron chi connectivity index (χ1n) is 4.03. The highest BCUT2D eigenvalue weighted by Gasteiger charge is 2.09. The van der Waals surface area contributed by atoms with Crippen LogP contribution in [0.1, 0.15) is 11.1 Å². The van der Waals surface area contributed by atoms with E-state index in [1.54, 1.807) is 19.2 Å². The number of nitrogens with zero attached hydrogens (tertiary/aromatic N) is 1. The number of nitriles is 1. The lowest BCUT2D eigenvalue weighted by Gasteiger charge is -2.09. The topological polar surface area (TPSA) is 33.0 Å². The number of benzene rings is 1. The lowest BCUT2D eigenvalue weighted by atomic mass is 10.1. The van der Waals surface area contributed by atoms with E-state index in [0.717, 1.165) is 5.56 Å². The summed E-state index contributed by atoms with van der Waals surface area (Å²) in [5.41, 5.74) is 1.91. The van der Waals surface area contributed by atoms with Gasteiger partial charge in [-0.2, -0.15) is 5.26 Å². The van der Waals surface area contributed by atoms with Crippen molar-refractivity contribution in [2.75, 3.05) is 7.11 Å². The van der Waals surface area contributed by atoms with Crippen molar-refractivity contribution in [1.82, 2.24) is 0 Å². The second kappa shape index (κ2) is 4.17. The molecule has 1 aromatic rings. The summed E-state index contributed by atoms with van der Waals surface area (Å²) in [5.74, 6) is 0.624. The summed E-state index contributed by atoms with van der Waals surface area (Å²) in [5, 5.41) is 9.33. The second-order valence-electron chi connectivity index (χ2n) is 2.89. The Hall–Kier alpha value is -1.46. The van der Waals surface area contributed by atoms with Crippen molar-refractivity contribution >= 4 is 17.2 Å². The average molecular weight is 208 g/mol. The molecule has 1 rings (SSSR count). The molecule has 0 aliphatic carbocycles. The zero-order valence-corrected chi connectivity index (χ0v) is 8.85. The van der Waals surface area contributed by atoms with Crippen molar-refractivity contribution < 1.29 is 4.74 Å². The molecule has 0 unspecified atom stereocenters. The SMILES string of the molecule is C=C(C#N)c1cc(Cl)c(C)cc1OC. The van der Waals surface area contributed by atoms with Crippen molar-refractivity contribution in [3.63, 3.8) is 0 Å². The van der Waals surface area contributed by atoms with E-state index in [-0.39, 0.29) is 0 Å². The van der Waals surface area contributed by atoms with Crippen molar-refractivity contribution in [2.24, 2.45) is 0 Å². The molecule has 2 nitrogen and oxygen atoms in total. The Bertz CT molecular complexity index is 418. The summed E-state index contributed by atoms with van der Waals surface area (Å²) in [6.07, 6.45) is 0. The molecule has 0 aliphatic heterocycles. The van der Waals surface area contributed by atoms with Gasteiger partial charge in [0.1, 0.15) is 5.75 Å². The smallest absolute Gasteiger partial charge is 0.127 e. The second-order valence-corrected chi connectivity index (χ2v) is 3.30. The number of allylic oxidation sites excluding steroid dienone is 1. The Morgan fingerprint density at radius 3 is 2.71 bits per heavy atom. The molecule has 0 heterocycles. The maximum Gasteiger partial charge on any atom is 0.127 e. The number of rotatable bonds is 2. The molecule has 0 N–H and O–H groups in total. The van der Waals surface area contributed by atoms with E-state index < -0.39 is 0 Å². The van der Waals surface area contributed by atoms with Gasteiger partial charge in [-0.15, -0.1) is 0 Å². The molecule has 0 fully saturated rings. The van der Waals surface area contributed by atoms with E-state index in [4.69, 9.17) is 21.6 Å². The van der Waals surface area contributed by atoms with Crippen molar-refractivity contribution in [1.29, 1.82) is 5.26 Å². The molecular formula is C11H10ClNO. The highest BCUT2D eigenvalue weighted by atomic mass is 35.5. The van der Waals surface area contributed by atoms with Crippen molar-refractivity contribution in [3.8, 4) is 11.8 Å². The molecule has 0 bridgehead atoms. The van der Waals surface area contributed by atoms with Gasteiger partial charge in [0, 0.05) is 10.6 Å². The minimum atomic E-state index is 0.351. The molecule has 72 valence electrons. The minimum absolute atomic E-state index is 0.351. The van der Waals surface area contributed by atoms with Crippen molar-refractivity contribution in [2.45, 2.75) is 6.92 Å². The lowest BCUT2D eigenvalue weighted by molar-refractivity contribution is 0.413. The van der Waals surface area contributed by atoms with Crippen molar-refractivity contribution in [3.05, 3.63) is 34.9 Å². The van der Waals surface area contributed by atoms with Gasteiger partial charge >= 0.3 is 0 Å². The molecule has 0 saturated carbocycles. The van der Waals surface area contributed by atoms with Crippen LogP contribution in [-0.2, 0) is 0 Å². The third kappa shape index (κ3) is 1.89. The van der Waals surface area contributed by atoms with Crippen LogP contribution >= 0.6 is 11.6 Å².